The molecular formula is C17H17ClFNO2. The molecule has 0 atom stereocenters. The molecule has 0 fully saturated rings. The summed E-state index contributed by atoms with van der Waals surface area (Å²) in [7, 11) is 1.52. The molecule has 0 aromatic heterocycles. The van der Waals surface area contributed by atoms with Crippen molar-refractivity contribution in [1.29, 1.82) is 0 Å². The van der Waals surface area contributed by atoms with Crippen LogP contribution in [0.5, 0.6) is 5.75 Å². The van der Waals surface area contributed by atoms with Crippen molar-refractivity contribution in [2.75, 3.05) is 12.4 Å². The van der Waals surface area contributed by atoms with E-state index in [1.54, 1.807) is 44.2 Å². The van der Waals surface area contributed by atoms with Crippen molar-refractivity contribution in [2.45, 2.75) is 19.3 Å². The summed E-state index contributed by atoms with van der Waals surface area (Å²) in [4.78, 5) is 12.5. The van der Waals surface area contributed by atoms with E-state index in [1.165, 1.54) is 19.2 Å². The van der Waals surface area contributed by atoms with Crippen LogP contribution in [0.25, 0.3) is 0 Å². The average Bonchev–Trinajstić information content (AvgIpc) is 2.48. The second-order valence-corrected chi connectivity index (χ2v) is 5.84. The van der Waals surface area contributed by atoms with Gasteiger partial charge in [-0.15, -0.1) is 0 Å². The molecule has 2 aromatic carbocycles. The number of hydrogen-bond acceptors (Lipinski definition) is 2. The van der Waals surface area contributed by atoms with Crippen molar-refractivity contribution in [3.05, 3.63) is 58.9 Å². The van der Waals surface area contributed by atoms with Crippen LogP contribution in [0.15, 0.2) is 42.5 Å². The fourth-order valence-corrected chi connectivity index (χ4v) is 2.29. The maximum absolute atomic E-state index is 13.0. The first-order valence-electron chi connectivity index (χ1n) is 6.75. The minimum absolute atomic E-state index is 0.208. The fraction of sp³-hybridized carbons (Fsp3) is 0.235. The van der Waals surface area contributed by atoms with Gasteiger partial charge in [-0.1, -0.05) is 23.7 Å². The zero-order valence-electron chi connectivity index (χ0n) is 12.6. The Bertz CT molecular complexity index is 684. The van der Waals surface area contributed by atoms with Crippen LogP contribution in [-0.4, -0.2) is 13.0 Å². The Morgan fingerprint density at radius 3 is 2.36 bits per heavy atom. The smallest absolute Gasteiger partial charge is 0.234 e. The number of carbonyl (C=O) groups is 1. The molecule has 0 spiro atoms. The Kier molecular flexibility index (Phi) is 4.71. The zero-order chi connectivity index (χ0) is 16.3. The van der Waals surface area contributed by atoms with E-state index in [1.807, 2.05) is 0 Å². The first kappa shape index (κ1) is 16.3. The Morgan fingerprint density at radius 2 is 1.82 bits per heavy atom. The van der Waals surface area contributed by atoms with Crippen LogP contribution in [0.1, 0.15) is 19.4 Å². The lowest BCUT2D eigenvalue weighted by Crippen LogP contribution is -2.34. The van der Waals surface area contributed by atoms with Crippen molar-refractivity contribution in [2.24, 2.45) is 0 Å². The predicted octanol–water partition coefficient (Wildman–Crippen LogP) is 4.40. The van der Waals surface area contributed by atoms with E-state index in [2.05, 4.69) is 5.32 Å². The highest BCUT2D eigenvalue weighted by molar-refractivity contribution is 6.32. The Morgan fingerprint density at radius 1 is 1.18 bits per heavy atom. The second kappa shape index (κ2) is 6.36. The fourth-order valence-electron chi connectivity index (χ4n) is 2.03. The van der Waals surface area contributed by atoms with E-state index in [-0.39, 0.29) is 11.7 Å². The lowest BCUT2D eigenvalue weighted by molar-refractivity contribution is -0.120. The number of carbonyl (C=O) groups excluding carboxylic acids is 1. The number of benzene rings is 2. The van der Waals surface area contributed by atoms with Gasteiger partial charge in [-0.05, 0) is 49.7 Å². The van der Waals surface area contributed by atoms with Gasteiger partial charge in [0.2, 0.25) is 5.91 Å². The van der Waals surface area contributed by atoms with Crippen molar-refractivity contribution >= 4 is 23.2 Å². The zero-order valence-corrected chi connectivity index (χ0v) is 13.4. The summed E-state index contributed by atoms with van der Waals surface area (Å²) < 4.78 is 18.1. The molecule has 1 amide bonds. The number of methoxy groups -OCH3 is 1. The molecule has 116 valence electrons. The first-order chi connectivity index (χ1) is 10.3. The van der Waals surface area contributed by atoms with E-state index < -0.39 is 5.41 Å². The minimum Gasteiger partial charge on any atom is -0.495 e. The van der Waals surface area contributed by atoms with Gasteiger partial charge in [0.25, 0.3) is 0 Å². The predicted molar refractivity (Wildman–Crippen MR) is 86.1 cm³/mol. The van der Waals surface area contributed by atoms with E-state index >= 15 is 0 Å². The van der Waals surface area contributed by atoms with E-state index in [0.29, 0.717) is 16.5 Å². The third kappa shape index (κ3) is 3.39. The normalized spacial score (nSPS) is 11.1. The molecule has 0 radical (unpaired) electrons. The van der Waals surface area contributed by atoms with Gasteiger partial charge in [-0.3, -0.25) is 4.79 Å². The van der Waals surface area contributed by atoms with Gasteiger partial charge in [0.15, 0.2) is 0 Å². The molecule has 22 heavy (non-hydrogen) atoms. The molecule has 0 unspecified atom stereocenters. The van der Waals surface area contributed by atoms with Crippen molar-refractivity contribution in [3.63, 3.8) is 0 Å². The Hall–Kier alpha value is -2.07. The van der Waals surface area contributed by atoms with Gasteiger partial charge >= 0.3 is 0 Å². The van der Waals surface area contributed by atoms with Gasteiger partial charge in [0.1, 0.15) is 11.6 Å². The van der Waals surface area contributed by atoms with Crippen LogP contribution in [-0.2, 0) is 10.2 Å². The minimum atomic E-state index is -0.805. The van der Waals surface area contributed by atoms with Gasteiger partial charge in [0, 0.05) is 5.69 Å². The summed E-state index contributed by atoms with van der Waals surface area (Å²) in [5.74, 6) is -0.000281. The third-order valence-corrected chi connectivity index (χ3v) is 3.84. The molecule has 0 bridgehead atoms. The molecule has 3 nitrogen and oxygen atoms in total. The number of nitrogens with one attached hydrogen (secondary N) is 1. The quantitative estimate of drug-likeness (QED) is 0.906. The van der Waals surface area contributed by atoms with E-state index in [0.717, 1.165) is 5.56 Å². The molecule has 2 rings (SSSR count). The molecule has 0 saturated heterocycles. The summed E-state index contributed by atoms with van der Waals surface area (Å²) in [6.07, 6.45) is 0. The molecule has 5 heteroatoms. The summed E-state index contributed by atoms with van der Waals surface area (Å²) in [5.41, 5.74) is 0.497. The molecule has 0 heterocycles. The molecule has 1 N–H and O–H groups in total. The number of anilines is 1. The standard InChI is InChI=1S/C17H17ClFNO2/c1-17(2,11-4-6-12(19)7-5-11)16(21)20-13-8-9-15(22-3)14(18)10-13/h4-10H,1-3H3,(H,20,21). The number of hydrogen-bond donors (Lipinski definition) is 1. The molecule has 0 aliphatic rings. The highest BCUT2D eigenvalue weighted by atomic mass is 35.5. The van der Waals surface area contributed by atoms with Crippen LogP contribution in [0.4, 0.5) is 10.1 Å². The van der Waals surface area contributed by atoms with E-state index in [4.69, 9.17) is 16.3 Å². The molecule has 2 aromatic rings. The molecule has 0 saturated carbocycles. The SMILES string of the molecule is COc1ccc(NC(=O)C(C)(C)c2ccc(F)cc2)cc1Cl. The first-order valence-corrected chi connectivity index (χ1v) is 7.13. The lowest BCUT2D eigenvalue weighted by atomic mass is 9.83. The second-order valence-electron chi connectivity index (χ2n) is 5.44. The lowest BCUT2D eigenvalue weighted by Gasteiger charge is -2.24. The highest BCUT2D eigenvalue weighted by Crippen LogP contribution is 2.29. The number of rotatable bonds is 4. The third-order valence-electron chi connectivity index (χ3n) is 3.54. The summed E-state index contributed by atoms with van der Waals surface area (Å²) in [6.45, 7) is 3.56. The highest BCUT2D eigenvalue weighted by Gasteiger charge is 2.29. The number of halogens is 2. The van der Waals surface area contributed by atoms with E-state index in [9.17, 15) is 9.18 Å². The van der Waals surface area contributed by atoms with Crippen LogP contribution in [0.2, 0.25) is 5.02 Å². The number of ether oxygens (including phenoxy) is 1. The van der Waals surface area contributed by atoms with Crippen molar-refractivity contribution in [1.82, 2.24) is 0 Å². The van der Waals surface area contributed by atoms with Crippen LogP contribution in [0, 0.1) is 5.82 Å². The molecule has 0 aliphatic heterocycles. The topological polar surface area (TPSA) is 38.3 Å². The van der Waals surface area contributed by atoms with Gasteiger partial charge < -0.3 is 10.1 Å². The Labute approximate surface area is 134 Å². The van der Waals surface area contributed by atoms with Crippen LogP contribution in [0.3, 0.4) is 0 Å². The molecular weight excluding hydrogens is 305 g/mol. The van der Waals surface area contributed by atoms with Gasteiger partial charge in [0.05, 0.1) is 17.5 Å². The average molecular weight is 322 g/mol. The maximum atomic E-state index is 13.0. The Balaban J connectivity index is 2.20. The summed E-state index contributed by atoms with van der Waals surface area (Å²) in [5, 5.41) is 3.23. The van der Waals surface area contributed by atoms with Crippen LogP contribution < -0.4 is 10.1 Å². The summed E-state index contributed by atoms with van der Waals surface area (Å²) >= 11 is 6.04. The monoisotopic (exact) mass is 321 g/mol. The van der Waals surface area contributed by atoms with Gasteiger partial charge in [-0.25, -0.2) is 4.39 Å². The van der Waals surface area contributed by atoms with Gasteiger partial charge in [-0.2, -0.15) is 0 Å². The summed E-state index contributed by atoms with van der Waals surface area (Å²) in [6, 6.07) is 10.9. The number of amides is 1. The van der Waals surface area contributed by atoms with Crippen molar-refractivity contribution < 1.29 is 13.9 Å². The molecule has 0 aliphatic carbocycles. The van der Waals surface area contributed by atoms with Crippen molar-refractivity contribution in [3.8, 4) is 5.75 Å². The van der Waals surface area contributed by atoms with Crippen LogP contribution >= 0.6 is 11.6 Å². The largest absolute Gasteiger partial charge is 0.495 e. The maximum Gasteiger partial charge on any atom is 0.234 e.